The summed E-state index contributed by atoms with van der Waals surface area (Å²) in [6, 6.07) is 34.2. The first-order chi connectivity index (χ1) is 21.2. The predicted molar refractivity (Wildman–Crippen MR) is 181 cm³/mol. The van der Waals surface area contributed by atoms with E-state index in [1.807, 2.05) is 36.7 Å². The smallest absolute Gasteiger partial charge is 0.135 e. The summed E-state index contributed by atoms with van der Waals surface area (Å²) >= 11 is 0. The van der Waals surface area contributed by atoms with E-state index in [1.54, 1.807) is 0 Å². The minimum absolute atomic E-state index is 0. The minimum atomic E-state index is 0. The van der Waals surface area contributed by atoms with Crippen LogP contribution in [0, 0.1) is 39.6 Å². The molecule has 45 heavy (non-hydrogen) atoms. The summed E-state index contributed by atoms with van der Waals surface area (Å²) in [7, 11) is 0. The molecular formula is C39H35N4OPt-3. The van der Waals surface area contributed by atoms with Gasteiger partial charge in [-0.15, -0.1) is 48.1 Å². The van der Waals surface area contributed by atoms with Crippen molar-refractivity contribution in [1.29, 1.82) is 0 Å². The summed E-state index contributed by atoms with van der Waals surface area (Å²) in [5, 5.41) is 2.26. The Morgan fingerprint density at radius 2 is 1.56 bits per heavy atom. The molecule has 0 atom stereocenters. The molecule has 1 aliphatic rings. The van der Waals surface area contributed by atoms with Gasteiger partial charge < -0.3 is 19.1 Å². The zero-order valence-corrected chi connectivity index (χ0v) is 28.6. The quantitative estimate of drug-likeness (QED) is 0.164. The molecular weight excluding hydrogens is 736 g/mol. The molecule has 5 nitrogen and oxygen atoms in total. The second kappa shape index (κ2) is 11.9. The number of fused-ring (bicyclic) bond motifs is 3. The number of nitrogens with zero attached hydrogens (tertiary/aromatic N) is 4. The SMILES string of the molecule is Cc1cc(C)c(C)c(N2C=CN(c3[c-]c(Oc4[c-]c5c(cc4)c4ccccc4n5-c4cc(C(C)(C)C)ccn4)ccc3)[CH-]2)c1.[Pt]. The topological polar surface area (TPSA) is 33.5 Å². The van der Waals surface area contributed by atoms with Gasteiger partial charge >= 0.3 is 0 Å². The van der Waals surface area contributed by atoms with E-state index in [2.05, 4.69) is 136 Å². The van der Waals surface area contributed by atoms with Crippen LogP contribution in [0.1, 0.15) is 43.0 Å². The molecule has 230 valence electrons. The maximum absolute atomic E-state index is 6.39. The standard InChI is InChI=1S/C39H35N4O.Pt/c1-26-20-27(2)28(3)36(21-26)42-19-18-41(25-42)30-10-9-11-31(23-30)44-32-14-15-34-33-12-7-8-13-35(33)43(37(34)24-32)38-22-29(16-17-40-38)39(4,5)6;/h7-22,25H,1-6H3;/q-3;. The van der Waals surface area contributed by atoms with Gasteiger partial charge in [0.05, 0.1) is 0 Å². The number of ether oxygens (including phenoxy) is 1. The monoisotopic (exact) mass is 770 g/mol. The van der Waals surface area contributed by atoms with Crippen LogP contribution in [0.5, 0.6) is 11.5 Å². The van der Waals surface area contributed by atoms with Crippen LogP contribution < -0.4 is 14.5 Å². The zero-order valence-electron chi connectivity index (χ0n) is 26.3. The van der Waals surface area contributed by atoms with Crippen molar-refractivity contribution < 1.29 is 25.8 Å². The van der Waals surface area contributed by atoms with Gasteiger partial charge in [-0.3, -0.25) is 0 Å². The van der Waals surface area contributed by atoms with Crippen molar-refractivity contribution >= 4 is 33.2 Å². The molecule has 1 aliphatic heterocycles. The Morgan fingerprint density at radius 1 is 0.778 bits per heavy atom. The van der Waals surface area contributed by atoms with Crippen LogP contribution in [-0.2, 0) is 26.5 Å². The third-order valence-electron chi connectivity index (χ3n) is 8.35. The summed E-state index contributed by atoms with van der Waals surface area (Å²) in [6.45, 7) is 15.2. The Labute approximate surface area is 280 Å². The Kier molecular flexibility index (Phi) is 8.09. The van der Waals surface area contributed by atoms with Gasteiger partial charge in [0, 0.05) is 50.0 Å². The zero-order chi connectivity index (χ0) is 30.6. The van der Waals surface area contributed by atoms with E-state index in [0.717, 1.165) is 33.3 Å². The van der Waals surface area contributed by atoms with Crippen molar-refractivity contribution in [3.8, 4) is 17.3 Å². The van der Waals surface area contributed by atoms with E-state index in [4.69, 9.17) is 9.72 Å². The third kappa shape index (κ3) is 5.78. The average molecular weight is 771 g/mol. The van der Waals surface area contributed by atoms with E-state index < -0.39 is 0 Å². The molecule has 0 fully saturated rings. The van der Waals surface area contributed by atoms with E-state index in [9.17, 15) is 0 Å². The molecule has 2 aromatic heterocycles. The van der Waals surface area contributed by atoms with E-state index in [0.29, 0.717) is 11.5 Å². The maximum atomic E-state index is 6.39. The fourth-order valence-corrected chi connectivity index (χ4v) is 5.87. The molecule has 3 heterocycles. The number of hydrogen-bond acceptors (Lipinski definition) is 4. The molecule has 0 spiro atoms. The Morgan fingerprint density at radius 3 is 2.38 bits per heavy atom. The van der Waals surface area contributed by atoms with Gasteiger partial charge in [0.25, 0.3) is 0 Å². The fraction of sp³-hybridized carbons (Fsp3) is 0.179. The normalized spacial score (nSPS) is 13.1. The average Bonchev–Trinajstić information content (AvgIpc) is 3.62. The number of pyridine rings is 1. The number of para-hydroxylation sites is 1. The van der Waals surface area contributed by atoms with Gasteiger partial charge in [0.15, 0.2) is 0 Å². The predicted octanol–water partition coefficient (Wildman–Crippen LogP) is 9.71. The largest absolute Gasteiger partial charge is 0.509 e. The molecule has 6 heteroatoms. The van der Waals surface area contributed by atoms with Gasteiger partial charge in [-0.1, -0.05) is 50.6 Å². The van der Waals surface area contributed by atoms with Crippen LogP contribution in [0.15, 0.2) is 97.5 Å². The summed E-state index contributed by atoms with van der Waals surface area (Å²) in [5.41, 5.74) is 9.11. The van der Waals surface area contributed by atoms with Gasteiger partial charge in [-0.05, 0) is 90.5 Å². The molecule has 0 saturated heterocycles. The van der Waals surface area contributed by atoms with Crippen LogP contribution in [0.2, 0.25) is 0 Å². The van der Waals surface area contributed by atoms with Gasteiger partial charge in [-0.25, -0.2) is 4.98 Å². The van der Waals surface area contributed by atoms with Crippen molar-refractivity contribution in [2.45, 2.75) is 47.0 Å². The van der Waals surface area contributed by atoms with Gasteiger partial charge in [0.2, 0.25) is 0 Å². The van der Waals surface area contributed by atoms with Gasteiger partial charge in [-0.2, -0.15) is 12.1 Å². The second-order valence-electron chi connectivity index (χ2n) is 12.5. The Bertz CT molecular complexity index is 2070. The molecule has 6 aromatic rings. The van der Waals surface area contributed by atoms with Gasteiger partial charge in [0.1, 0.15) is 5.82 Å². The van der Waals surface area contributed by atoms with Crippen molar-refractivity contribution in [2.24, 2.45) is 0 Å². The summed E-state index contributed by atoms with van der Waals surface area (Å²) in [6.07, 6.45) is 6.01. The molecule has 0 bridgehead atoms. The molecule has 4 aromatic carbocycles. The molecule has 0 aliphatic carbocycles. The number of benzene rings is 4. The van der Waals surface area contributed by atoms with Crippen molar-refractivity contribution in [3.05, 3.63) is 139 Å². The molecule has 0 N–H and O–H groups in total. The molecule has 0 saturated carbocycles. The number of aromatic nitrogens is 2. The van der Waals surface area contributed by atoms with Crippen LogP contribution in [0.3, 0.4) is 0 Å². The Hall–Kier alpha value is -4.34. The summed E-state index contributed by atoms with van der Waals surface area (Å²) in [5.74, 6) is 2.11. The van der Waals surface area contributed by atoms with Crippen LogP contribution in [0.25, 0.3) is 27.6 Å². The van der Waals surface area contributed by atoms with Crippen LogP contribution in [0.4, 0.5) is 11.4 Å². The van der Waals surface area contributed by atoms with Crippen LogP contribution >= 0.6 is 0 Å². The van der Waals surface area contributed by atoms with E-state index in [1.165, 1.54) is 27.9 Å². The number of rotatable bonds is 5. The Balaban J connectivity index is 0.00000357. The fourth-order valence-electron chi connectivity index (χ4n) is 5.87. The molecule has 0 radical (unpaired) electrons. The number of aryl methyl sites for hydroxylation is 2. The first-order valence-electron chi connectivity index (χ1n) is 15.0. The summed E-state index contributed by atoms with van der Waals surface area (Å²) in [4.78, 5) is 9.00. The third-order valence-corrected chi connectivity index (χ3v) is 8.35. The van der Waals surface area contributed by atoms with E-state index in [-0.39, 0.29) is 26.5 Å². The minimum Gasteiger partial charge on any atom is -0.509 e. The maximum Gasteiger partial charge on any atom is 0.135 e. The molecule has 0 amide bonds. The first kappa shape index (κ1) is 30.7. The van der Waals surface area contributed by atoms with Crippen LogP contribution in [-0.4, -0.2) is 9.55 Å². The molecule has 7 rings (SSSR count). The first-order valence-corrected chi connectivity index (χ1v) is 15.0. The summed E-state index contributed by atoms with van der Waals surface area (Å²) < 4.78 is 8.57. The van der Waals surface area contributed by atoms with Crippen molar-refractivity contribution in [3.63, 3.8) is 0 Å². The van der Waals surface area contributed by atoms with Crippen molar-refractivity contribution in [2.75, 3.05) is 9.80 Å². The second-order valence-corrected chi connectivity index (χ2v) is 12.5. The van der Waals surface area contributed by atoms with Crippen molar-refractivity contribution in [1.82, 2.24) is 9.55 Å². The number of hydrogen-bond donors (Lipinski definition) is 0. The van der Waals surface area contributed by atoms with E-state index >= 15 is 0 Å². The number of anilines is 2. The molecule has 0 unspecified atom stereocenters.